The van der Waals surface area contributed by atoms with Gasteiger partial charge in [0.25, 0.3) is 0 Å². The molecule has 0 amide bonds. The summed E-state index contributed by atoms with van der Waals surface area (Å²) < 4.78 is 41.1. The number of phenols is 1. The van der Waals surface area contributed by atoms with Crippen molar-refractivity contribution in [3.05, 3.63) is 48.3 Å². The average molecular weight is 320 g/mol. The Labute approximate surface area is 129 Å². The average Bonchev–Trinajstić information content (AvgIpc) is 2.47. The second-order valence-corrected chi connectivity index (χ2v) is 4.87. The lowest BCUT2D eigenvalue weighted by Crippen LogP contribution is -2.17. The van der Waals surface area contributed by atoms with Gasteiger partial charge in [-0.25, -0.2) is 9.97 Å². The maximum absolute atomic E-state index is 12.4. The fourth-order valence-corrected chi connectivity index (χ4v) is 2.28. The standard InChI is InChI=1S/C16H11F3N2O2/c1-9-20-12-5-3-2-4-11(12)15(21-9)10-6-7-13(22)14(8-10)23-16(17,18)19/h2-8,22H,1H3. The zero-order valence-electron chi connectivity index (χ0n) is 11.9. The fourth-order valence-electron chi connectivity index (χ4n) is 2.28. The highest BCUT2D eigenvalue weighted by atomic mass is 19.4. The zero-order valence-corrected chi connectivity index (χ0v) is 11.9. The lowest BCUT2D eigenvalue weighted by atomic mass is 10.1. The molecule has 1 heterocycles. The van der Waals surface area contributed by atoms with E-state index in [0.29, 0.717) is 28.0 Å². The van der Waals surface area contributed by atoms with Crippen molar-refractivity contribution in [3.63, 3.8) is 0 Å². The first-order valence-corrected chi connectivity index (χ1v) is 6.66. The van der Waals surface area contributed by atoms with E-state index in [-0.39, 0.29) is 0 Å². The third-order valence-corrected chi connectivity index (χ3v) is 3.17. The minimum Gasteiger partial charge on any atom is -0.504 e. The molecule has 2 aromatic carbocycles. The second kappa shape index (κ2) is 5.42. The van der Waals surface area contributed by atoms with Crippen LogP contribution in [-0.4, -0.2) is 21.4 Å². The number of fused-ring (bicyclic) bond motifs is 1. The summed E-state index contributed by atoms with van der Waals surface area (Å²) in [6, 6.07) is 10.9. The number of nitrogens with zero attached hydrogens (tertiary/aromatic N) is 2. The van der Waals surface area contributed by atoms with Crippen molar-refractivity contribution in [3.8, 4) is 22.8 Å². The number of aromatic nitrogens is 2. The molecule has 1 aromatic heterocycles. The topological polar surface area (TPSA) is 55.2 Å². The predicted molar refractivity (Wildman–Crippen MR) is 78.1 cm³/mol. The smallest absolute Gasteiger partial charge is 0.504 e. The molecule has 3 aromatic rings. The Balaban J connectivity index is 2.18. The molecule has 0 unspecified atom stereocenters. The lowest BCUT2D eigenvalue weighted by Gasteiger charge is -2.12. The minimum absolute atomic E-state index is 0.392. The number of para-hydroxylation sites is 1. The van der Waals surface area contributed by atoms with Gasteiger partial charge in [-0.15, -0.1) is 13.2 Å². The molecule has 4 nitrogen and oxygen atoms in total. The van der Waals surface area contributed by atoms with Gasteiger partial charge in [-0.3, -0.25) is 0 Å². The van der Waals surface area contributed by atoms with Crippen molar-refractivity contribution in [2.45, 2.75) is 13.3 Å². The number of hydrogen-bond acceptors (Lipinski definition) is 4. The summed E-state index contributed by atoms with van der Waals surface area (Å²) in [5.41, 5.74) is 1.55. The van der Waals surface area contributed by atoms with Gasteiger partial charge in [-0.05, 0) is 31.2 Å². The number of ether oxygens (including phenoxy) is 1. The largest absolute Gasteiger partial charge is 0.573 e. The van der Waals surface area contributed by atoms with Gasteiger partial charge >= 0.3 is 6.36 Å². The summed E-state index contributed by atoms with van der Waals surface area (Å²) in [5.74, 6) is -0.776. The lowest BCUT2D eigenvalue weighted by molar-refractivity contribution is -0.275. The predicted octanol–water partition coefficient (Wildman–Crippen LogP) is 4.21. The van der Waals surface area contributed by atoms with Gasteiger partial charge in [0, 0.05) is 10.9 Å². The molecule has 0 atom stereocenters. The van der Waals surface area contributed by atoms with Crippen LogP contribution in [0.25, 0.3) is 22.2 Å². The molecule has 23 heavy (non-hydrogen) atoms. The van der Waals surface area contributed by atoms with E-state index in [2.05, 4.69) is 14.7 Å². The first-order valence-electron chi connectivity index (χ1n) is 6.66. The summed E-state index contributed by atoms with van der Waals surface area (Å²) in [7, 11) is 0. The van der Waals surface area contributed by atoms with Crippen molar-refractivity contribution < 1.29 is 23.0 Å². The fraction of sp³-hybridized carbons (Fsp3) is 0.125. The normalized spacial score (nSPS) is 11.7. The van der Waals surface area contributed by atoms with Gasteiger partial charge in [-0.1, -0.05) is 18.2 Å². The van der Waals surface area contributed by atoms with Crippen molar-refractivity contribution >= 4 is 10.9 Å². The van der Waals surface area contributed by atoms with Gasteiger partial charge in [-0.2, -0.15) is 0 Å². The molecule has 1 N–H and O–H groups in total. The van der Waals surface area contributed by atoms with Crippen molar-refractivity contribution in [2.75, 3.05) is 0 Å². The van der Waals surface area contributed by atoms with Crippen LogP contribution in [0.1, 0.15) is 5.82 Å². The quantitative estimate of drug-likeness (QED) is 0.768. The van der Waals surface area contributed by atoms with Crippen LogP contribution in [0.2, 0.25) is 0 Å². The summed E-state index contributed by atoms with van der Waals surface area (Å²) in [6.07, 6.45) is -4.89. The van der Waals surface area contributed by atoms with E-state index in [9.17, 15) is 18.3 Å². The molecule has 0 bridgehead atoms. The number of benzene rings is 2. The Kier molecular flexibility index (Phi) is 3.55. The van der Waals surface area contributed by atoms with Crippen molar-refractivity contribution in [1.82, 2.24) is 9.97 Å². The third-order valence-electron chi connectivity index (χ3n) is 3.17. The monoisotopic (exact) mass is 320 g/mol. The van der Waals surface area contributed by atoms with Crippen LogP contribution in [0.4, 0.5) is 13.2 Å². The Bertz CT molecular complexity index is 879. The molecule has 3 rings (SSSR count). The molecule has 0 saturated heterocycles. The van der Waals surface area contributed by atoms with Crippen molar-refractivity contribution in [2.24, 2.45) is 0 Å². The van der Waals surface area contributed by atoms with Crippen LogP contribution in [0.3, 0.4) is 0 Å². The maximum Gasteiger partial charge on any atom is 0.573 e. The summed E-state index contributed by atoms with van der Waals surface area (Å²) in [4.78, 5) is 8.60. The highest BCUT2D eigenvalue weighted by Crippen LogP contribution is 2.36. The van der Waals surface area contributed by atoms with Crippen LogP contribution < -0.4 is 4.74 Å². The highest BCUT2D eigenvalue weighted by molar-refractivity contribution is 5.92. The maximum atomic E-state index is 12.4. The molecule has 0 spiro atoms. The number of rotatable bonds is 2. The van der Waals surface area contributed by atoms with E-state index in [0.717, 1.165) is 12.1 Å². The van der Waals surface area contributed by atoms with Gasteiger partial charge in [0.15, 0.2) is 11.5 Å². The Morgan fingerprint density at radius 1 is 1.04 bits per heavy atom. The van der Waals surface area contributed by atoms with E-state index in [1.165, 1.54) is 6.07 Å². The zero-order chi connectivity index (χ0) is 16.6. The molecule has 0 fully saturated rings. The van der Waals surface area contributed by atoms with Gasteiger partial charge < -0.3 is 9.84 Å². The van der Waals surface area contributed by atoms with Crippen molar-refractivity contribution in [1.29, 1.82) is 0 Å². The van der Waals surface area contributed by atoms with Crippen LogP contribution in [0.15, 0.2) is 42.5 Å². The van der Waals surface area contributed by atoms with Crippen LogP contribution >= 0.6 is 0 Å². The molecule has 7 heteroatoms. The van der Waals surface area contributed by atoms with E-state index >= 15 is 0 Å². The number of alkyl halides is 3. The summed E-state index contributed by atoms with van der Waals surface area (Å²) in [5, 5.41) is 10.3. The van der Waals surface area contributed by atoms with Crippen LogP contribution in [-0.2, 0) is 0 Å². The molecule has 0 radical (unpaired) electrons. The first-order chi connectivity index (χ1) is 10.8. The van der Waals surface area contributed by atoms with Crippen LogP contribution in [0.5, 0.6) is 11.5 Å². The molecule has 0 aliphatic carbocycles. The first kappa shape index (κ1) is 15.1. The third kappa shape index (κ3) is 3.18. The number of aryl methyl sites for hydroxylation is 1. The number of halogens is 3. The summed E-state index contributed by atoms with van der Waals surface area (Å²) in [6.45, 7) is 1.70. The molecule has 0 aliphatic heterocycles. The van der Waals surface area contributed by atoms with E-state index in [4.69, 9.17) is 0 Å². The number of hydrogen-bond donors (Lipinski definition) is 1. The number of phenolic OH excluding ortho intramolecular Hbond substituents is 1. The highest BCUT2D eigenvalue weighted by Gasteiger charge is 2.32. The Morgan fingerprint density at radius 3 is 2.52 bits per heavy atom. The number of aromatic hydroxyl groups is 1. The van der Waals surface area contributed by atoms with E-state index in [1.54, 1.807) is 25.1 Å². The van der Waals surface area contributed by atoms with E-state index < -0.39 is 17.9 Å². The second-order valence-electron chi connectivity index (χ2n) is 4.87. The molecule has 0 aliphatic rings. The van der Waals surface area contributed by atoms with Gasteiger partial charge in [0.2, 0.25) is 0 Å². The Morgan fingerprint density at radius 2 is 1.78 bits per heavy atom. The van der Waals surface area contributed by atoms with Crippen LogP contribution in [0, 0.1) is 6.92 Å². The van der Waals surface area contributed by atoms with E-state index in [1.807, 2.05) is 6.07 Å². The molecule has 0 saturated carbocycles. The minimum atomic E-state index is -4.89. The molecular weight excluding hydrogens is 309 g/mol. The Hall–Kier alpha value is -2.83. The summed E-state index contributed by atoms with van der Waals surface area (Å²) >= 11 is 0. The molecule has 118 valence electrons. The van der Waals surface area contributed by atoms with Gasteiger partial charge in [0.1, 0.15) is 5.82 Å². The SMILES string of the molecule is Cc1nc(-c2ccc(O)c(OC(F)(F)F)c2)c2ccccc2n1. The van der Waals surface area contributed by atoms with Gasteiger partial charge in [0.05, 0.1) is 11.2 Å². The molecular formula is C16H11F3N2O2.